The molecule has 10 heavy (non-hydrogen) atoms. The molecule has 2 nitrogen and oxygen atoms in total. The summed E-state index contributed by atoms with van der Waals surface area (Å²) in [5.41, 5.74) is 0. The summed E-state index contributed by atoms with van der Waals surface area (Å²) in [6.45, 7) is 0. The number of fused-ring (bicyclic) bond motifs is 1. The van der Waals surface area contributed by atoms with E-state index in [0.29, 0.717) is 0 Å². The third-order valence-electron chi connectivity index (χ3n) is 1.30. The Morgan fingerprint density at radius 3 is 2.00 bits per heavy atom. The van der Waals surface area contributed by atoms with E-state index in [0.717, 1.165) is 15.1 Å². The molecule has 0 N–H and O–H groups in total. The molecular formula is C7H4N2Ru. The summed E-state index contributed by atoms with van der Waals surface area (Å²) in [5.74, 6) is 0. The van der Waals surface area contributed by atoms with Crippen molar-refractivity contribution in [3.05, 3.63) is 35.0 Å². The summed E-state index contributed by atoms with van der Waals surface area (Å²) < 4.78 is 0.778. The number of hydrogen-bond acceptors (Lipinski definition) is 2. The second-order valence-corrected chi connectivity index (χ2v) is 2.75. The van der Waals surface area contributed by atoms with Gasteiger partial charge in [0.05, 0.1) is 0 Å². The summed E-state index contributed by atoms with van der Waals surface area (Å²) in [6.07, 6.45) is 0. The van der Waals surface area contributed by atoms with Gasteiger partial charge in [-0.1, -0.05) is 0 Å². The van der Waals surface area contributed by atoms with Gasteiger partial charge in [-0.3, -0.25) is 0 Å². The molecule has 1 aromatic rings. The Morgan fingerprint density at radius 2 is 1.50 bits per heavy atom. The van der Waals surface area contributed by atoms with Crippen LogP contribution in [0.5, 0.6) is 0 Å². The van der Waals surface area contributed by atoms with Crippen LogP contribution in [0.2, 0.25) is 0 Å². The van der Waals surface area contributed by atoms with Crippen molar-refractivity contribution >= 4 is 4.35 Å². The van der Waals surface area contributed by atoms with Crippen molar-refractivity contribution in [3.8, 4) is 0 Å². The average molecular weight is 217 g/mol. The van der Waals surface area contributed by atoms with Crippen LogP contribution >= 0.6 is 0 Å². The van der Waals surface area contributed by atoms with Crippen molar-refractivity contribution < 1.29 is 17.9 Å². The zero-order valence-corrected chi connectivity index (χ0v) is 6.80. The summed E-state index contributed by atoms with van der Waals surface area (Å²) in [6, 6.07) is 7.83. The molecule has 50 valence electrons. The van der Waals surface area contributed by atoms with Gasteiger partial charge in [0.2, 0.25) is 0 Å². The maximum absolute atomic E-state index is 4.17. The minimum absolute atomic E-state index is 0.778. The topological polar surface area (TPSA) is 24.7 Å². The maximum atomic E-state index is 4.17. The van der Waals surface area contributed by atoms with Crippen molar-refractivity contribution in [3.63, 3.8) is 0 Å². The standard InChI is InChI=1S/C7H4N2.Ru/c1-2-4-7-6(3-1)8-5-9-7;/h1-4H;. The molecule has 2 rings (SSSR count). The van der Waals surface area contributed by atoms with Crippen molar-refractivity contribution in [2.24, 2.45) is 9.98 Å². The number of nitrogens with zero attached hydrogens (tertiary/aromatic N) is 2. The van der Waals surface area contributed by atoms with Crippen LogP contribution < -0.4 is 10.7 Å². The van der Waals surface area contributed by atoms with E-state index in [9.17, 15) is 0 Å². The fourth-order valence-corrected chi connectivity index (χ4v) is 1.29. The molecular weight excluding hydrogens is 213 g/mol. The van der Waals surface area contributed by atoms with E-state index in [4.69, 9.17) is 0 Å². The van der Waals surface area contributed by atoms with Gasteiger partial charge in [0.15, 0.2) is 0 Å². The van der Waals surface area contributed by atoms with E-state index in [-0.39, 0.29) is 0 Å². The molecule has 1 aliphatic heterocycles. The third kappa shape index (κ3) is 0.869. The van der Waals surface area contributed by atoms with Gasteiger partial charge in [-0.15, -0.1) is 0 Å². The van der Waals surface area contributed by atoms with Crippen LogP contribution in [0.4, 0.5) is 0 Å². The normalized spacial score (nSPS) is 13.9. The van der Waals surface area contributed by atoms with E-state index < -0.39 is 0 Å². The van der Waals surface area contributed by atoms with Crippen LogP contribution in [-0.2, 0) is 17.9 Å². The van der Waals surface area contributed by atoms with Gasteiger partial charge in [0, 0.05) is 0 Å². The zero-order valence-electron chi connectivity index (χ0n) is 5.06. The van der Waals surface area contributed by atoms with Crippen molar-refractivity contribution in [2.75, 3.05) is 0 Å². The first-order valence-corrected chi connectivity index (χ1v) is 3.77. The third-order valence-corrected chi connectivity index (χ3v) is 1.69. The molecule has 1 aromatic carbocycles. The Labute approximate surface area is 67.5 Å². The van der Waals surface area contributed by atoms with E-state index in [2.05, 4.69) is 27.8 Å². The zero-order chi connectivity index (χ0) is 6.97. The van der Waals surface area contributed by atoms with Crippen molar-refractivity contribution in [1.82, 2.24) is 0 Å². The molecule has 0 spiro atoms. The summed E-state index contributed by atoms with van der Waals surface area (Å²) in [4.78, 5) is 8.34. The molecule has 0 fully saturated rings. The first-order valence-electron chi connectivity index (χ1n) is 2.90. The van der Waals surface area contributed by atoms with Crippen LogP contribution in [0.15, 0.2) is 34.3 Å². The predicted molar refractivity (Wildman–Crippen MR) is 33.8 cm³/mol. The molecule has 0 saturated carbocycles. The van der Waals surface area contributed by atoms with Gasteiger partial charge in [-0.05, 0) is 0 Å². The Balaban J connectivity index is 2.96. The van der Waals surface area contributed by atoms with Crippen LogP contribution in [0, 0.1) is 0 Å². The SMILES string of the molecule is [Ru]=[C]1N=c2ccccc2=N1. The molecule has 0 bridgehead atoms. The van der Waals surface area contributed by atoms with Gasteiger partial charge in [0.25, 0.3) is 0 Å². The Kier molecular flexibility index (Phi) is 1.31. The Morgan fingerprint density at radius 1 is 1.00 bits per heavy atom. The fraction of sp³-hybridized carbons (Fsp3) is 0. The molecule has 1 heterocycles. The van der Waals surface area contributed by atoms with Crippen LogP contribution in [0.3, 0.4) is 0 Å². The van der Waals surface area contributed by atoms with E-state index in [1.54, 1.807) is 0 Å². The van der Waals surface area contributed by atoms with Crippen molar-refractivity contribution in [2.45, 2.75) is 0 Å². The molecule has 3 heteroatoms. The predicted octanol–water partition coefficient (Wildman–Crippen LogP) is -0.426. The van der Waals surface area contributed by atoms with E-state index >= 15 is 0 Å². The minimum atomic E-state index is 0.778. The molecule has 0 amide bonds. The van der Waals surface area contributed by atoms with Gasteiger partial charge >= 0.3 is 67.2 Å². The number of hydrogen-bond donors (Lipinski definition) is 0. The van der Waals surface area contributed by atoms with Crippen LogP contribution in [-0.4, -0.2) is 4.35 Å². The molecule has 0 atom stereocenters. The summed E-state index contributed by atoms with van der Waals surface area (Å²) in [7, 11) is 0. The average Bonchev–Trinajstić information content (AvgIpc) is 2.27. The van der Waals surface area contributed by atoms with Crippen LogP contribution in [0.25, 0.3) is 0 Å². The quantitative estimate of drug-likeness (QED) is 0.527. The molecule has 0 radical (unpaired) electrons. The number of para-hydroxylation sites is 2. The van der Waals surface area contributed by atoms with E-state index in [1.807, 2.05) is 24.3 Å². The Hall–Kier alpha value is -0.687. The molecule has 0 unspecified atom stereocenters. The first kappa shape index (κ1) is 6.05. The van der Waals surface area contributed by atoms with Gasteiger partial charge in [0.1, 0.15) is 0 Å². The van der Waals surface area contributed by atoms with E-state index in [1.165, 1.54) is 0 Å². The molecule has 0 aliphatic carbocycles. The van der Waals surface area contributed by atoms with Gasteiger partial charge in [-0.2, -0.15) is 0 Å². The summed E-state index contributed by atoms with van der Waals surface area (Å²) in [5, 5.41) is 1.94. The molecule has 0 aromatic heterocycles. The first-order chi connectivity index (χ1) is 4.86. The number of benzene rings is 1. The van der Waals surface area contributed by atoms with Crippen LogP contribution in [0.1, 0.15) is 0 Å². The van der Waals surface area contributed by atoms with Gasteiger partial charge in [-0.25, -0.2) is 0 Å². The molecule has 1 aliphatic rings. The fourth-order valence-electron chi connectivity index (χ4n) is 0.871. The monoisotopic (exact) mass is 218 g/mol. The second-order valence-electron chi connectivity index (χ2n) is 1.97. The second kappa shape index (κ2) is 2.17. The van der Waals surface area contributed by atoms with Gasteiger partial charge < -0.3 is 0 Å². The summed E-state index contributed by atoms with van der Waals surface area (Å²) >= 11 is 2.39. The Bertz CT molecular complexity index is 357. The van der Waals surface area contributed by atoms with Crippen molar-refractivity contribution in [1.29, 1.82) is 0 Å². The molecule has 0 saturated heterocycles. The number of rotatable bonds is 0.